The highest BCUT2D eigenvalue weighted by atomic mass is 32.1. The van der Waals surface area contributed by atoms with Crippen LogP contribution in [0, 0.1) is 11.6 Å². The largest absolute Gasteiger partial charge is 0.434 e. The van der Waals surface area contributed by atoms with Crippen molar-refractivity contribution < 1.29 is 22.0 Å². The standard InChI is InChI=1S/C15H15F5N4S/c1-21-14(22-6-5-9-10(16)3-2-4-11(9)17)23-7-13-24-12(8-25-13)15(18,19)20/h2-4,8H,5-7H2,1H3,(H2,21,22,23). The van der Waals surface area contributed by atoms with Crippen LogP contribution in [0.1, 0.15) is 16.3 Å². The Morgan fingerprint density at radius 1 is 1.20 bits per heavy atom. The number of nitrogens with one attached hydrogen (secondary N) is 2. The van der Waals surface area contributed by atoms with E-state index in [1.165, 1.54) is 25.2 Å². The second-order valence-electron chi connectivity index (χ2n) is 4.93. The number of hydrogen-bond acceptors (Lipinski definition) is 3. The maximum atomic E-state index is 13.5. The number of hydrogen-bond donors (Lipinski definition) is 2. The van der Waals surface area contributed by atoms with Crippen molar-refractivity contribution in [2.45, 2.75) is 19.1 Å². The fourth-order valence-electron chi connectivity index (χ4n) is 1.98. The number of benzene rings is 1. The molecule has 0 saturated heterocycles. The molecule has 0 bridgehead atoms. The van der Waals surface area contributed by atoms with E-state index in [-0.39, 0.29) is 30.1 Å². The summed E-state index contributed by atoms with van der Waals surface area (Å²) in [5, 5.41) is 6.82. The summed E-state index contributed by atoms with van der Waals surface area (Å²) < 4.78 is 64.5. The molecule has 0 aliphatic heterocycles. The van der Waals surface area contributed by atoms with Crippen LogP contribution in [-0.2, 0) is 19.1 Å². The molecule has 2 aromatic rings. The molecule has 0 spiro atoms. The van der Waals surface area contributed by atoms with Crippen molar-refractivity contribution in [1.82, 2.24) is 15.6 Å². The third-order valence-corrected chi connectivity index (χ3v) is 4.05. The first-order valence-electron chi connectivity index (χ1n) is 7.20. The molecule has 1 aromatic heterocycles. The second kappa shape index (κ2) is 8.24. The van der Waals surface area contributed by atoms with Gasteiger partial charge in [-0.05, 0) is 18.6 Å². The number of alkyl halides is 3. The molecule has 0 amide bonds. The molecule has 10 heteroatoms. The number of nitrogens with zero attached hydrogens (tertiary/aromatic N) is 2. The van der Waals surface area contributed by atoms with Gasteiger partial charge in [0.25, 0.3) is 0 Å². The van der Waals surface area contributed by atoms with Gasteiger partial charge in [-0.15, -0.1) is 11.3 Å². The normalized spacial score (nSPS) is 12.3. The summed E-state index contributed by atoms with van der Waals surface area (Å²) in [7, 11) is 1.47. The maximum Gasteiger partial charge on any atom is 0.434 e. The van der Waals surface area contributed by atoms with Crippen molar-refractivity contribution in [3.8, 4) is 0 Å². The summed E-state index contributed by atoms with van der Waals surface area (Å²) >= 11 is 0.878. The molecule has 25 heavy (non-hydrogen) atoms. The summed E-state index contributed by atoms with van der Waals surface area (Å²) in [5.74, 6) is -0.972. The summed E-state index contributed by atoms with van der Waals surface area (Å²) in [6.07, 6.45) is -4.38. The number of aromatic nitrogens is 1. The van der Waals surface area contributed by atoms with Crippen LogP contribution in [0.15, 0.2) is 28.6 Å². The molecule has 1 heterocycles. The van der Waals surface area contributed by atoms with Gasteiger partial charge in [-0.25, -0.2) is 13.8 Å². The lowest BCUT2D eigenvalue weighted by Gasteiger charge is -2.11. The molecule has 0 atom stereocenters. The topological polar surface area (TPSA) is 49.3 Å². The van der Waals surface area contributed by atoms with Crippen LogP contribution in [-0.4, -0.2) is 24.5 Å². The van der Waals surface area contributed by atoms with Gasteiger partial charge >= 0.3 is 6.18 Å². The van der Waals surface area contributed by atoms with E-state index in [4.69, 9.17) is 0 Å². The van der Waals surface area contributed by atoms with Crippen molar-refractivity contribution >= 4 is 17.3 Å². The Balaban J connectivity index is 1.84. The molecular weight excluding hydrogens is 363 g/mol. The molecular formula is C15H15F5N4S. The Kier molecular flexibility index (Phi) is 6.29. The van der Waals surface area contributed by atoms with Gasteiger partial charge in [0, 0.05) is 24.5 Å². The summed E-state index contributed by atoms with van der Waals surface area (Å²) in [5.41, 5.74) is -0.979. The predicted octanol–water partition coefficient (Wildman–Crippen LogP) is 3.35. The first kappa shape index (κ1) is 19.1. The molecule has 1 aromatic carbocycles. The highest BCUT2D eigenvalue weighted by Gasteiger charge is 2.33. The molecule has 136 valence electrons. The van der Waals surface area contributed by atoms with E-state index in [9.17, 15) is 22.0 Å². The lowest BCUT2D eigenvalue weighted by atomic mass is 10.1. The van der Waals surface area contributed by atoms with E-state index in [2.05, 4.69) is 20.6 Å². The van der Waals surface area contributed by atoms with Crippen LogP contribution in [0.2, 0.25) is 0 Å². The van der Waals surface area contributed by atoms with Crippen LogP contribution in [0.5, 0.6) is 0 Å². The Bertz CT molecular complexity index is 722. The highest BCUT2D eigenvalue weighted by Crippen LogP contribution is 2.29. The minimum absolute atomic E-state index is 0.0415. The maximum absolute atomic E-state index is 13.5. The zero-order valence-corrected chi connectivity index (χ0v) is 13.9. The van der Waals surface area contributed by atoms with Crippen LogP contribution in [0.25, 0.3) is 0 Å². The van der Waals surface area contributed by atoms with Crippen LogP contribution in [0.4, 0.5) is 22.0 Å². The number of rotatable bonds is 5. The zero-order chi connectivity index (χ0) is 18.4. The minimum Gasteiger partial charge on any atom is -0.356 e. The third-order valence-electron chi connectivity index (χ3n) is 3.20. The van der Waals surface area contributed by atoms with E-state index in [0.29, 0.717) is 5.96 Å². The number of thiazole rings is 1. The van der Waals surface area contributed by atoms with Crippen molar-refractivity contribution in [1.29, 1.82) is 0 Å². The Morgan fingerprint density at radius 3 is 2.44 bits per heavy atom. The Hall–Kier alpha value is -2.23. The summed E-state index contributed by atoms with van der Waals surface area (Å²) in [6.45, 7) is 0.248. The molecule has 0 fully saturated rings. The molecule has 0 aliphatic carbocycles. The highest BCUT2D eigenvalue weighted by molar-refractivity contribution is 7.09. The summed E-state index contributed by atoms with van der Waals surface area (Å²) in [6, 6.07) is 3.63. The predicted molar refractivity (Wildman–Crippen MR) is 85.4 cm³/mol. The Morgan fingerprint density at radius 2 is 1.88 bits per heavy atom. The third kappa shape index (κ3) is 5.38. The summed E-state index contributed by atoms with van der Waals surface area (Å²) in [4.78, 5) is 7.38. The van der Waals surface area contributed by atoms with Crippen molar-refractivity contribution in [2.24, 2.45) is 4.99 Å². The van der Waals surface area contributed by atoms with E-state index >= 15 is 0 Å². The molecule has 0 aliphatic rings. The molecule has 4 nitrogen and oxygen atoms in total. The Labute approximate surface area is 144 Å². The molecule has 0 unspecified atom stereocenters. The fourth-order valence-corrected chi connectivity index (χ4v) is 2.72. The van der Waals surface area contributed by atoms with Gasteiger partial charge in [-0.2, -0.15) is 13.2 Å². The van der Waals surface area contributed by atoms with Gasteiger partial charge in [0.05, 0.1) is 6.54 Å². The van der Waals surface area contributed by atoms with Crippen LogP contribution >= 0.6 is 11.3 Å². The number of halogens is 5. The van der Waals surface area contributed by atoms with Crippen LogP contribution < -0.4 is 10.6 Å². The molecule has 2 N–H and O–H groups in total. The fraction of sp³-hybridized carbons (Fsp3) is 0.333. The van der Waals surface area contributed by atoms with E-state index in [1.807, 2.05) is 0 Å². The average Bonchev–Trinajstić information content (AvgIpc) is 3.02. The van der Waals surface area contributed by atoms with Gasteiger partial charge in [-0.1, -0.05) is 6.07 Å². The lowest BCUT2D eigenvalue weighted by molar-refractivity contribution is -0.140. The van der Waals surface area contributed by atoms with Crippen LogP contribution in [0.3, 0.4) is 0 Å². The van der Waals surface area contributed by atoms with E-state index in [0.717, 1.165) is 16.7 Å². The molecule has 0 saturated carbocycles. The number of guanidine groups is 1. The lowest BCUT2D eigenvalue weighted by Crippen LogP contribution is -2.38. The van der Waals surface area contributed by atoms with Gasteiger partial charge in [0.2, 0.25) is 0 Å². The minimum atomic E-state index is -4.47. The van der Waals surface area contributed by atoms with Crippen molar-refractivity contribution in [3.05, 3.63) is 51.5 Å². The van der Waals surface area contributed by atoms with Gasteiger partial charge in [-0.3, -0.25) is 4.99 Å². The van der Waals surface area contributed by atoms with Gasteiger partial charge in [0.1, 0.15) is 16.6 Å². The monoisotopic (exact) mass is 378 g/mol. The average molecular weight is 378 g/mol. The van der Waals surface area contributed by atoms with E-state index < -0.39 is 23.5 Å². The van der Waals surface area contributed by atoms with E-state index in [1.54, 1.807) is 0 Å². The number of aliphatic imine (C=N–C) groups is 1. The van der Waals surface area contributed by atoms with Gasteiger partial charge in [0.15, 0.2) is 11.7 Å². The smallest absolute Gasteiger partial charge is 0.356 e. The van der Waals surface area contributed by atoms with Crippen molar-refractivity contribution in [3.63, 3.8) is 0 Å². The SMILES string of the molecule is CN=C(NCCc1c(F)cccc1F)NCc1nc(C(F)(F)F)cs1. The zero-order valence-electron chi connectivity index (χ0n) is 13.1. The quantitative estimate of drug-likeness (QED) is 0.477. The molecule has 2 rings (SSSR count). The first-order valence-corrected chi connectivity index (χ1v) is 8.08. The second-order valence-corrected chi connectivity index (χ2v) is 5.87. The van der Waals surface area contributed by atoms with Gasteiger partial charge < -0.3 is 10.6 Å². The molecule has 0 radical (unpaired) electrons. The van der Waals surface area contributed by atoms with Crippen molar-refractivity contribution in [2.75, 3.05) is 13.6 Å². The first-order chi connectivity index (χ1) is 11.8.